The fraction of sp³-hybridized carbons (Fsp3) is 0.190. The first-order chi connectivity index (χ1) is 14.9. The van der Waals surface area contributed by atoms with Crippen molar-refractivity contribution in [2.75, 3.05) is 5.32 Å². The number of aryl methyl sites for hydroxylation is 1. The van der Waals surface area contributed by atoms with Gasteiger partial charge in [0, 0.05) is 12.1 Å². The molecule has 0 unspecified atom stereocenters. The molecule has 1 heterocycles. The first kappa shape index (κ1) is 22.8. The minimum absolute atomic E-state index is 0.0327. The molecule has 10 heteroatoms. The van der Waals surface area contributed by atoms with Crippen molar-refractivity contribution in [3.05, 3.63) is 68.7 Å². The summed E-state index contributed by atoms with van der Waals surface area (Å²) in [4.78, 5) is 27.0. The molecule has 0 aliphatic rings. The third kappa shape index (κ3) is 6.30. The molecule has 1 amide bonds. The number of amides is 1. The third-order valence-electron chi connectivity index (χ3n) is 4.32. The number of fused-ring (bicyclic) bond motifs is 1. The van der Waals surface area contributed by atoms with Gasteiger partial charge in [0.15, 0.2) is 10.2 Å². The van der Waals surface area contributed by atoms with Gasteiger partial charge < -0.3 is 5.32 Å². The molecule has 3 aromatic rings. The number of aromatic nitrogens is 1. The number of hydrogen-bond acceptors (Lipinski definition) is 6. The van der Waals surface area contributed by atoms with Crippen LogP contribution in [0.3, 0.4) is 0 Å². The highest BCUT2D eigenvalue weighted by atomic mass is 35.5. The second-order valence-electron chi connectivity index (χ2n) is 6.67. The van der Waals surface area contributed by atoms with Gasteiger partial charge in [0.25, 0.3) is 5.69 Å². The van der Waals surface area contributed by atoms with E-state index in [1.807, 2.05) is 6.07 Å². The summed E-state index contributed by atoms with van der Waals surface area (Å²) in [5.41, 5.74) is 2.38. The van der Waals surface area contributed by atoms with Gasteiger partial charge in [-0.1, -0.05) is 48.4 Å². The highest BCUT2D eigenvalue weighted by Gasteiger charge is 2.12. The van der Waals surface area contributed by atoms with Gasteiger partial charge in [0.2, 0.25) is 5.91 Å². The molecular formula is C21H19ClN4O3S2. The molecule has 0 bridgehead atoms. The van der Waals surface area contributed by atoms with Crippen molar-refractivity contribution in [2.45, 2.75) is 26.2 Å². The van der Waals surface area contributed by atoms with Crippen molar-refractivity contribution in [2.24, 2.45) is 0 Å². The molecule has 0 aliphatic carbocycles. The average molecular weight is 475 g/mol. The Balaban J connectivity index is 1.60. The minimum Gasteiger partial charge on any atom is -0.308 e. The maximum absolute atomic E-state index is 12.1. The van der Waals surface area contributed by atoms with Crippen LogP contribution < -0.4 is 10.6 Å². The molecule has 0 fully saturated rings. The molecule has 7 nitrogen and oxygen atoms in total. The van der Waals surface area contributed by atoms with E-state index in [-0.39, 0.29) is 15.8 Å². The van der Waals surface area contributed by atoms with E-state index in [4.69, 9.17) is 23.8 Å². The van der Waals surface area contributed by atoms with E-state index in [2.05, 4.69) is 34.7 Å². The lowest BCUT2D eigenvalue weighted by Gasteiger charge is -2.04. The first-order valence-electron chi connectivity index (χ1n) is 9.49. The lowest BCUT2D eigenvalue weighted by atomic mass is 10.1. The summed E-state index contributed by atoms with van der Waals surface area (Å²) in [7, 11) is 0. The highest BCUT2D eigenvalue weighted by molar-refractivity contribution is 7.80. The summed E-state index contributed by atoms with van der Waals surface area (Å²) in [5.74, 6) is -0.474. The molecule has 2 aromatic carbocycles. The molecule has 0 spiro atoms. The van der Waals surface area contributed by atoms with Crippen LogP contribution in [-0.4, -0.2) is 20.9 Å². The van der Waals surface area contributed by atoms with Crippen LogP contribution in [0.4, 0.5) is 10.8 Å². The monoisotopic (exact) mass is 474 g/mol. The number of thiazole rings is 1. The molecular weight excluding hydrogens is 456 g/mol. The van der Waals surface area contributed by atoms with Crippen LogP contribution in [0.15, 0.2) is 42.5 Å². The van der Waals surface area contributed by atoms with Gasteiger partial charge >= 0.3 is 0 Å². The molecule has 0 atom stereocenters. The van der Waals surface area contributed by atoms with Crippen molar-refractivity contribution in [3.63, 3.8) is 0 Å². The number of carbonyl (C=O) groups excluding carboxylic acids is 1. The van der Waals surface area contributed by atoms with Crippen molar-refractivity contribution < 1.29 is 9.72 Å². The summed E-state index contributed by atoms with van der Waals surface area (Å²) in [5, 5.41) is 17.1. The fourth-order valence-electron chi connectivity index (χ4n) is 2.79. The van der Waals surface area contributed by atoms with Gasteiger partial charge in [-0.15, -0.1) is 0 Å². The Kier molecular flexibility index (Phi) is 7.67. The number of benzene rings is 2. The summed E-state index contributed by atoms with van der Waals surface area (Å²) in [6.07, 6.45) is 5.99. The number of nitrogens with zero attached hydrogens (tertiary/aromatic N) is 2. The smallest absolute Gasteiger partial charge is 0.288 e. The van der Waals surface area contributed by atoms with Crippen molar-refractivity contribution in [1.82, 2.24) is 10.3 Å². The Morgan fingerprint density at radius 3 is 2.87 bits per heavy atom. The maximum atomic E-state index is 12.1. The van der Waals surface area contributed by atoms with Crippen LogP contribution >= 0.6 is 35.2 Å². The molecule has 160 valence electrons. The number of nitro groups is 1. The average Bonchev–Trinajstić information content (AvgIpc) is 3.12. The molecule has 0 saturated carbocycles. The molecule has 0 saturated heterocycles. The zero-order chi connectivity index (χ0) is 22.4. The van der Waals surface area contributed by atoms with Crippen LogP contribution in [0.1, 0.15) is 30.9 Å². The van der Waals surface area contributed by atoms with Crippen LogP contribution in [0.2, 0.25) is 5.02 Å². The Hall–Kier alpha value is -2.88. The lowest BCUT2D eigenvalue weighted by Crippen LogP contribution is -2.32. The Labute approximate surface area is 193 Å². The number of thiocarbonyl (C=S) groups is 1. The molecule has 1 aromatic heterocycles. The number of carbonyl (C=O) groups is 1. The lowest BCUT2D eigenvalue weighted by molar-refractivity contribution is -0.384. The van der Waals surface area contributed by atoms with E-state index in [9.17, 15) is 14.9 Å². The normalized spacial score (nSPS) is 11.0. The van der Waals surface area contributed by atoms with E-state index in [0.29, 0.717) is 10.7 Å². The third-order valence-corrected chi connectivity index (χ3v) is 5.78. The summed E-state index contributed by atoms with van der Waals surface area (Å²) in [6, 6.07) is 10.5. The molecule has 3 rings (SSSR count). The van der Waals surface area contributed by atoms with Gasteiger partial charge in [-0.25, -0.2) is 4.98 Å². The van der Waals surface area contributed by atoms with E-state index >= 15 is 0 Å². The zero-order valence-corrected chi connectivity index (χ0v) is 18.9. The quantitative estimate of drug-likeness (QED) is 0.196. The Morgan fingerprint density at radius 2 is 2.13 bits per heavy atom. The Morgan fingerprint density at radius 1 is 1.32 bits per heavy atom. The largest absolute Gasteiger partial charge is 0.308 e. The number of halogens is 1. The van der Waals surface area contributed by atoms with Gasteiger partial charge in [-0.2, -0.15) is 0 Å². The molecule has 31 heavy (non-hydrogen) atoms. The second kappa shape index (κ2) is 10.4. The number of rotatable bonds is 7. The molecule has 0 aliphatic heterocycles. The number of anilines is 1. The van der Waals surface area contributed by atoms with E-state index in [1.54, 1.807) is 6.07 Å². The number of nitrogens with one attached hydrogen (secondary N) is 2. The zero-order valence-electron chi connectivity index (χ0n) is 16.6. The highest BCUT2D eigenvalue weighted by Crippen LogP contribution is 2.27. The van der Waals surface area contributed by atoms with E-state index < -0.39 is 10.8 Å². The SMILES string of the molecule is CCCCc1ccc2nc(NC(=S)NC(=O)/C=C/c3ccc(Cl)c([N+](=O)[O-])c3)sc2c1. The van der Waals surface area contributed by atoms with Crippen LogP contribution in [0.25, 0.3) is 16.3 Å². The van der Waals surface area contributed by atoms with Gasteiger partial charge in [-0.05, 0) is 60.5 Å². The van der Waals surface area contributed by atoms with Crippen LogP contribution in [0, 0.1) is 10.1 Å². The number of unbranched alkanes of at least 4 members (excludes halogenated alkanes) is 1. The van der Waals surface area contributed by atoms with Gasteiger partial charge in [-0.3, -0.25) is 20.2 Å². The minimum atomic E-state index is -0.580. The number of hydrogen-bond donors (Lipinski definition) is 2. The predicted octanol–water partition coefficient (Wildman–Crippen LogP) is 5.73. The fourth-order valence-corrected chi connectivity index (χ4v) is 4.17. The summed E-state index contributed by atoms with van der Waals surface area (Å²) < 4.78 is 1.05. The van der Waals surface area contributed by atoms with E-state index in [1.165, 1.54) is 41.2 Å². The first-order valence-corrected chi connectivity index (χ1v) is 11.1. The second-order valence-corrected chi connectivity index (χ2v) is 8.52. The standard InChI is InChI=1S/C21H19ClN4O3S2/c1-2-3-4-13-6-9-16-18(12-13)31-21(23-16)25-20(30)24-19(27)10-7-14-5-8-15(22)17(11-14)26(28)29/h5-12H,2-4H2,1H3,(H2,23,24,25,27,30)/b10-7+. The summed E-state index contributed by atoms with van der Waals surface area (Å²) >= 11 is 12.4. The van der Waals surface area contributed by atoms with Crippen molar-refractivity contribution >= 4 is 73.3 Å². The molecule has 2 N–H and O–H groups in total. The van der Waals surface area contributed by atoms with E-state index in [0.717, 1.165) is 29.5 Å². The predicted molar refractivity (Wildman–Crippen MR) is 130 cm³/mol. The summed E-state index contributed by atoms with van der Waals surface area (Å²) in [6.45, 7) is 2.16. The van der Waals surface area contributed by atoms with Crippen molar-refractivity contribution in [3.8, 4) is 0 Å². The Bertz CT molecular complexity index is 1180. The van der Waals surface area contributed by atoms with Gasteiger partial charge in [0.05, 0.1) is 15.1 Å². The van der Waals surface area contributed by atoms with Gasteiger partial charge in [0.1, 0.15) is 5.02 Å². The molecule has 0 radical (unpaired) electrons. The van der Waals surface area contributed by atoms with Crippen LogP contribution in [0.5, 0.6) is 0 Å². The number of nitro benzene ring substituents is 1. The maximum Gasteiger partial charge on any atom is 0.288 e. The van der Waals surface area contributed by atoms with Crippen LogP contribution in [-0.2, 0) is 11.2 Å². The topological polar surface area (TPSA) is 97.2 Å². The van der Waals surface area contributed by atoms with Crippen molar-refractivity contribution in [1.29, 1.82) is 0 Å².